The van der Waals surface area contributed by atoms with Crippen molar-refractivity contribution >= 4 is 28.1 Å². The maximum absolute atomic E-state index is 12.2. The molecule has 0 fully saturated rings. The number of amides is 1. The molecule has 0 bridgehead atoms. The summed E-state index contributed by atoms with van der Waals surface area (Å²) in [5, 5.41) is 117. The van der Waals surface area contributed by atoms with Crippen molar-refractivity contribution in [3.8, 4) is 51.7 Å². The molecule has 206 valence electrons. The fourth-order valence-corrected chi connectivity index (χ4v) is 4.05. The second kappa shape index (κ2) is 10.4. The minimum atomic E-state index is -3.15. The van der Waals surface area contributed by atoms with E-state index < -0.39 is 86.8 Å². The largest absolute Gasteiger partial charge is 0.504 e. The third-order valence-corrected chi connectivity index (χ3v) is 6.09. The molecule has 0 spiro atoms. The van der Waals surface area contributed by atoms with E-state index >= 15 is 0 Å². The van der Waals surface area contributed by atoms with E-state index in [0.717, 1.165) is 11.3 Å². The summed E-state index contributed by atoms with van der Waals surface area (Å²) in [4.78, 5) is 16.1. The van der Waals surface area contributed by atoms with Gasteiger partial charge in [-0.15, -0.1) is 11.3 Å². The van der Waals surface area contributed by atoms with Crippen molar-refractivity contribution in [3.05, 3.63) is 22.2 Å². The van der Waals surface area contributed by atoms with E-state index in [0.29, 0.717) is 0 Å². The first-order chi connectivity index (χ1) is 17.7. The number of carbonyl (C=O) groups is 1. The lowest BCUT2D eigenvalue weighted by Gasteiger charge is -2.26. The van der Waals surface area contributed by atoms with E-state index in [4.69, 9.17) is 5.73 Å². The maximum Gasteiger partial charge on any atom is 0.230 e. The van der Waals surface area contributed by atoms with Gasteiger partial charge in [0.1, 0.15) is 11.3 Å². The molecule has 0 aliphatic rings. The van der Waals surface area contributed by atoms with Crippen LogP contribution in [0.3, 0.4) is 0 Å². The summed E-state index contributed by atoms with van der Waals surface area (Å²) in [5.41, 5.74) is 3.39. The Morgan fingerprint density at radius 3 is 1.87 bits per heavy atom. The smallest absolute Gasteiger partial charge is 0.230 e. The minimum Gasteiger partial charge on any atom is -0.504 e. The zero-order valence-corrected chi connectivity index (χ0v) is 20.0. The molecule has 1 aromatic heterocycles. The number of rotatable bonds is 9. The molecule has 0 saturated heterocycles. The number of hydrogen-bond donors (Lipinski definition) is 14. The van der Waals surface area contributed by atoms with Gasteiger partial charge in [0, 0.05) is 10.9 Å². The number of aliphatic hydroxyl groups is 2. The van der Waals surface area contributed by atoms with Crippen LogP contribution in [0, 0.1) is 0 Å². The Morgan fingerprint density at radius 2 is 1.37 bits per heavy atom. The Kier molecular flexibility index (Phi) is 7.68. The van der Waals surface area contributed by atoms with Crippen molar-refractivity contribution < 1.29 is 61.0 Å². The molecule has 17 heteroatoms. The summed E-state index contributed by atoms with van der Waals surface area (Å²) in [6, 6.07) is 0. The van der Waals surface area contributed by atoms with Crippen LogP contribution in [0.1, 0.15) is 16.8 Å². The van der Waals surface area contributed by atoms with Gasteiger partial charge in [0.2, 0.25) is 28.9 Å². The number of anilines is 2. The molecule has 0 aliphatic heterocycles. The van der Waals surface area contributed by atoms with Crippen molar-refractivity contribution in [2.75, 3.05) is 24.1 Å². The molecule has 3 aromatic rings. The predicted octanol–water partition coefficient (Wildman–Crippen LogP) is -0.773. The Hall–Kier alpha value is -4.58. The van der Waals surface area contributed by atoms with Gasteiger partial charge in [-0.3, -0.25) is 4.79 Å². The molecule has 38 heavy (non-hydrogen) atoms. The average Bonchev–Trinajstić information content (AvgIpc) is 3.26. The molecule has 2 aromatic carbocycles. The van der Waals surface area contributed by atoms with Gasteiger partial charge in [-0.2, -0.15) is 0 Å². The number of aromatic hydroxyl groups is 9. The first-order valence-electron chi connectivity index (χ1n) is 10.5. The van der Waals surface area contributed by atoms with Crippen LogP contribution in [0.15, 0.2) is 5.38 Å². The number of hydrogen-bond acceptors (Lipinski definition) is 16. The second-order valence-corrected chi connectivity index (χ2v) is 8.90. The van der Waals surface area contributed by atoms with Gasteiger partial charge >= 0.3 is 0 Å². The van der Waals surface area contributed by atoms with Gasteiger partial charge in [-0.25, -0.2) is 4.98 Å². The Labute approximate surface area is 216 Å². The Morgan fingerprint density at radius 1 is 0.842 bits per heavy atom. The van der Waals surface area contributed by atoms with Crippen LogP contribution in [0.2, 0.25) is 0 Å². The molecule has 0 radical (unpaired) electrons. The molecule has 0 unspecified atom stereocenters. The first kappa shape index (κ1) is 28.0. The van der Waals surface area contributed by atoms with Crippen molar-refractivity contribution in [1.82, 2.24) is 10.3 Å². The van der Waals surface area contributed by atoms with Crippen molar-refractivity contribution in [1.29, 1.82) is 0 Å². The summed E-state index contributed by atoms with van der Waals surface area (Å²) in [7, 11) is 0. The predicted molar refractivity (Wildman–Crippen MR) is 129 cm³/mol. The molecule has 16 nitrogen and oxygen atoms in total. The van der Waals surface area contributed by atoms with Gasteiger partial charge in [-0.1, -0.05) is 0 Å². The highest BCUT2D eigenvalue weighted by atomic mass is 32.1. The number of benzene rings is 2. The third-order valence-electron chi connectivity index (χ3n) is 5.36. The molecule has 15 N–H and O–H groups in total. The lowest BCUT2D eigenvalue weighted by Crippen LogP contribution is -2.39. The fourth-order valence-electron chi connectivity index (χ4n) is 3.48. The second-order valence-electron chi connectivity index (χ2n) is 8.01. The summed E-state index contributed by atoms with van der Waals surface area (Å²) in [6.07, 6.45) is -0.690. The lowest BCUT2D eigenvalue weighted by molar-refractivity contribution is -0.167. The van der Waals surface area contributed by atoms with E-state index in [1.165, 1.54) is 5.38 Å². The van der Waals surface area contributed by atoms with Crippen LogP contribution in [0.5, 0.6) is 51.7 Å². The highest BCUT2D eigenvalue weighted by Crippen LogP contribution is 2.53. The topological polar surface area (TPSA) is 303 Å². The monoisotopic (exact) mass is 556 g/mol. The number of phenols is 9. The van der Waals surface area contributed by atoms with Crippen molar-refractivity contribution in [2.24, 2.45) is 0 Å². The van der Waals surface area contributed by atoms with Gasteiger partial charge in [0.15, 0.2) is 39.6 Å². The Bertz CT molecular complexity index is 1330. The van der Waals surface area contributed by atoms with Crippen LogP contribution < -0.4 is 16.4 Å². The maximum atomic E-state index is 12.2. The number of nitrogens with zero attached hydrogens (tertiary/aromatic N) is 1. The van der Waals surface area contributed by atoms with Crippen LogP contribution in [-0.2, 0) is 23.4 Å². The van der Waals surface area contributed by atoms with Gasteiger partial charge in [-0.05, 0) is 13.0 Å². The summed E-state index contributed by atoms with van der Waals surface area (Å²) >= 11 is 1.07. The summed E-state index contributed by atoms with van der Waals surface area (Å²) < 4.78 is 0. The van der Waals surface area contributed by atoms with Crippen LogP contribution in [0.25, 0.3) is 0 Å². The summed E-state index contributed by atoms with van der Waals surface area (Å²) in [6.45, 7) is -1.18. The Balaban J connectivity index is 1.75. The SMILES string of the molecule is Nc1nc(CC(=O)Nc2c(O)c(O)c(C(O)(O)CNCCc3c(O)c(O)c(O)c(O)c3O)c(O)c2O)cs1. The number of nitrogens with one attached hydrogen (secondary N) is 2. The number of phenolic OH excluding ortho intramolecular Hbond substituents is 9. The van der Waals surface area contributed by atoms with Gasteiger partial charge in [0.25, 0.3) is 0 Å². The lowest BCUT2D eigenvalue weighted by atomic mass is 10.00. The molecular weight excluding hydrogens is 532 g/mol. The van der Waals surface area contributed by atoms with E-state index in [1.54, 1.807) is 0 Å². The van der Waals surface area contributed by atoms with E-state index in [2.05, 4.69) is 15.6 Å². The number of carbonyl (C=O) groups excluding carboxylic acids is 1. The molecule has 0 aliphatic carbocycles. The normalized spacial score (nSPS) is 11.5. The van der Waals surface area contributed by atoms with Crippen LogP contribution in [-0.4, -0.2) is 80.2 Å². The summed E-state index contributed by atoms with van der Waals surface area (Å²) in [5.74, 6) is -14.2. The van der Waals surface area contributed by atoms with E-state index in [1.807, 2.05) is 0 Å². The first-order valence-corrected chi connectivity index (χ1v) is 11.4. The van der Waals surface area contributed by atoms with Crippen molar-refractivity contribution in [2.45, 2.75) is 18.6 Å². The molecule has 1 heterocycles. The molecule has 0 saturated carbocycles. The van der Waals surface area contributed by atoms with Crippen LogP contribution in [0.4, 0.5) is 10.8 Å². The van der Waals surface area contributed by atoms with Gasteiger partial charge < -0.3 is 72.5 Å². The zero-order valence-electron chi connectivity index (χ0n) is 19.2. The van der Waals surface area contributed by atoms with Crippen molar-refractivity contribution in [3.63, 3.8) is 0 Å². The third kappa shape index (κ3) is 5.25. The van der Waals surface area contributed by atoms with Crippen LogP contribution >= 0.6 is 11.3 Å². The molecule has 1 amide bonds. The molecule has 3 rings (SSSR count). The average molecular weight is 557 g/mol. The zero-order chi connectivity index (χ0) is 28.5. The highest BCUT2D eigenvalue weighted by Gasteiger charge is 2.38. The molecular formula is C21H24N4O12S. The fraction of sp³-hybridized carbons (Fsp3) is 0.238. The highest BCUT2D eigenvalue weighted by molar-refractivity contribution is 7.13. The number of nitrogen functional groups attached to an aromatic ring is 1. The minimum absolute atomic E-state index is 0.196. The molecule has 0 atom stereocenters. The quantitative estimate of drug-likeness (QED) is 0.0665. The number of thiazole rings is 1. The van der Waals surface area contributed by atoms with Gasteiger partial charge in [0.05, 0.1) is 18.7 Å². The van der Waals surface area contributed by atoms with E-state index in [9.17, 15) is 61.0 Å². The standard InChI is InChI=1S/C21H24N4O12S/c22-20-24-6(4-38-20)3-8(26)25-10-15(31)13(29)9(14(30)16(10)32)21(36,37)5-23-2-1-7-11(27)17(33)19(35)18(34)12(7)28/h4,23,27-37H,1-3,5H2,(H2,22,24)(H,25,26). The number of aromatic nitrogens is 1. The van der Waals surface area contributed by atoms with E-state index in [-0.39, 0.29) is 30.2 Å². The number of nitrogens with two attached hydrogens (primary N) is 1.